The molecule has 7 nitrogen and oxygen atoms in total. The third-order valence-corrected chi connectivity index (χ3v) is 3.49. The van der Waals surface area contributed by atoms with Crippen LogP contribution in [0.4, 0.5) is 5.69 Å². The SMILES string of the molecule is COC(=O)c1ccccc1N(CC(=O)NCc1cccnc1)C(C)=O. The number of hydrogen-bond donors (Lipinski definition) is 1. The molecule has 0 aliphatic rings. The van der Waals surface area contributed by atoms with E-state index in [-0.39, 0.29) is 23.9 Å². The van der Waals surface area contributed by atoms with Gasteiger partial charge >= 0.3 is 5.97 Å². The van der Waals surface area contributed by atoms with E-state index in [4.69, 9.17) is 4.74 Å². The minimum atomic E-state index is -0.572. The zero-order valence-electron chi connectivity index (χ0n) is 14.1. The number of carbonyl (C=O) groups excluding carboxylic acids is 3. The molecule has 1 N–H and O–H groups in total. The van der Waals surface area contributed by atoms with Gasteiger partial charge in [-0.3, -0.25) is 14.6 Å². The lowest BCUT2D eigenvalue weighted by Crippen LogP contribution is -2.40. The molecule has 1 aromatic carbocycles. The maximum absolute atomic E-state index is 12.2. The van der Waals surface area contributed by atoms with Crippen molar-refractivity contribution in [2.24, 2.45) is 0 Å². The Bertz CT molecular complexity index is 762. The van der Waals surface area contributed by atoms with Gasteiger partial charge in [0.05, 0.1) is 18.4 Å². The fourth-order valence-electron chi connectivity index (χ4n) is 2.26. The van der Waals surface area contributed by atoms with Gasteiger partial charge in [0.1, 0.15) is 6.54 Å². The number of para-hydroxylation sites is 1. The highest BCUT2D eigenvalue weighted by Crippen LogP contribution is 2.21. The van der Waals surface area contributed by atoms with Crippen LogP contribution in [0.1, 0.15) is 22.8 Å². The maximum Gasteiger partial charge on any atom is 0.339 e. The van der Waals surface area contributed by atoms with E-state index in [2.05, 4.69) is 10.3 Å². The summed E-state index contributed by atoms with van der Waals surface area (Å²) in [5, 5.41) is 2.73. The average molecular weight is 341 g/mol. The molecule has 2 rings (SSSR count). The Morgan fingerprint density at radius 2 is 1.92 bits per heavy atom. The summed E-state index contributed by atoms with van der Waals surface area (Å²) in [6.45, 7) is 1.43. The summed E-state index contributed by atoms with van der Waals surface area (Å²) in [7, 11) is 1.26. The number of benzene rings is 1. The lowest BCUT2D eigenvalue weighted by atomic mass is 10.1. The van der Waals surface area contributed by atoms with Gasteiger partial charge in [-0.15, -0.1) is 0 Å². The van der Waals surface area contributed by atoms with Crippen molar-refractivity contribution in [1.29, 1.82) is 0 Å². The van der Waals surface area contributed by atoms with Crippen molar-refractivity contribution in [3.8, 4) is 0 Å². The van der Waals surface area contributed by atoms with Gasteiger partial charge in [0.15, 0.2) is 0 Å². The molecule has 0 saturated carbocycles. The highest BCUT2D eigenvalue weighted by atomic mass is 16.5. The Morgan fingerprint density at radius 3 is 2.56 bits per heavy atom. The predicted octanol–water partition coefficient (Wildman–Crippen LogP) is 1.54. The number of rotatable bonds is 6. The van der Waals surface area contributed by atoms with E-state index in [9.17, 15) is 14.4 Å². The highest BCUT2D eigenvalue weighted by molar-refractivity contribution is 6.04. The topological polar surface area (TPSA) is 88.6 Å². The van der Waals surface area contributed by atoms with Crippen LogP contribution in [0, 0.1) is 0 Å². The summed E-state index contributed by atoms with van der Waals surface area (Å²) in [5.74, 6) is -1.27. The first kappa shape index (κ1) is 18.1. The summed E-state index contributed by atoms with van der Waals surface area (Å²) in [4.78, 5) is 41.3. The van der Waals surface area contributed by atoms with E-state index in [0.717, 1.165) is 5.56 Å². The summed E-state index contributed by atoms with van der Waals surface area (Å²) in [6.07, 6.45) is 3.29. The summed E-state index contributed by atoms with van der Waals surface area (Å²) >= 11 is 0. The number of esters is 1. The molecule has 2 aromatic rings. The molecule has 0 aliphatic carbocycles. The normalized spacial score (nSPS) is 10.0. The van der Waals surface area contributed by atoms with E-state index < -0.39 is 5.97 Å². The van der Waals surface area contributed by atoms with Crippen LogP contribution in [0.25, 0.3) is 0 Å². The number of nitrogens with zero attached hydrogens (tertiary/aromatic N) is 2. The van der Waals surface area contributed by atoms with Gasteiger partial charge in [0, 0.05) is 25.9 Å². The van der Waals surface area contributed by atoms with Crippen molar-refractivity contribution in [1.82, 2.24) is 10.3 Å². The molecule has 130 valence electrons. The predicted molar refractivity (Wildman–Crippen MR) is 91.9 cm³/mol. The third kappa shape index (κ3) is 4.87. The Balaban J connectivity index is 2.12. The number of methoxy groups -OCH3 is 1. The number of hydrogen-bond acceptors (Lipinski definition) is 5. The molecule has 0 radical (unpaired) electrons. The fraction of sp³-hybridized carbons (Fsp3) is 0.222. The number of carbonyl (C=O) groups is 3. The monoisotopic (exact) mass is 341 g/mol. The van der Waals surface area contributed by atoms with Gasteiger partial charge < -0.3 is 15.0 Å². The van der Waals surface area contributed by atoms with Crippen LogP contribution in [-0.4, -0.2) is 36.4 Å². The van der Waals surface area contributed by atoms with Gasteiger partial charge in [-0.2, -0.15) is 0 Å². The fourth-order valence-corrected chi connectivity index (χ4v) is 2.26. The lowest BCUT2D eigenvalue weighted by Gasteiger charge is -2.22. The first-order chi connectivity index (χ1) is 12.0. The molecule has 1 heterocycles. The third-order valence-electron chi connectivity index (χ3n) is 3.49. The zero-order valence-corrected chi connectivity index (χ0v) is 14.1. The molecule has 0 spiro atoms. The van der Waals surface area contributed by atoms with Crippen LogP contribution in [0.15, 0.2) is 48.8 Å². The molecular weight excluding hydrogens is 322 g/mol. The first-order valence-corrected chi connectivity index (χ1v) is 7.64. The van der Waals surface area contributed by atoms with E-state index in [0.29, 0.717) is 12.2 Å². The number of amides is 2. The van der Waals surface area contributed by atoms with Gasteiger partial charge in [-0.25, -0.2) is 4.79 Å². The Labute approximate surface area is 145 Å². The molecule has 0 aliphatic heterocycles. The second-order valence-electron chi connectivity index (χ2n) is 5.25. The second-order valence-corrected chi connectivity index (χ2v) is 5.25. The van der Waals surface area contributed by atoms with E-state index in [1.165, 1.54) is 18.9 Å². The summed E-state index contributed by atoms with van der Waals surface area (Å²) in [5.41, 5.74) is 1.40. The molecule has 0 saturated heterocycles. The molecular formula is C18H19N3O4. The standard InChI is InChI=1S/C18H19N3O4/c1-13(22)21(16-8-4-3-7-15(16)18(24)25-2)12-17(23)20-11-14-6-5-9-19-10-14/h3-10H,11-12H2,1-2H3,(H,20,23). The zero-order chi connectivity index (χ0) is 18.2. The van der Waals surface area contributed by atoms with Gasteiger partial charge in [-0.1, -0.05) is 18.2 Å². The molecule has 0 fully saturated rings. The summed E-state index contributed by atoms with van der Waals surface area (Å²) in [6, 6.07) is 10.1. The van der Waals surface area contributed by atoms with Crippen LogP contribution < -0.4 is 10.2 Å². The molecule has 7 heteroatoms. The largest absolute Gasteiger partial charge is 0.465 e. The van der Waals surface area contributed by atoms with Crippen molar-refractivity contribution >= 4 is 23.5 Å². The van der Waals surface area contributed by atoms with Crippen molar-refractivity contribution in [3.05, 3.63) is 59.9 Å². The van der Waals surface area contributed by atoms with E-state index in [1.807, 2.05) is 6.07 Å². The van der Waals surface area contributed by atoms with E-state index >= 15 is 0 Å². The molecule has 0 unspecified atom stereocenters. The quantitative estimate of drug-likeness (QED) is 0.805. The Kier molecular flexibility index (Phi) is 6.22. The smallest absolute Gasteiger partial charge is 0.339 e. The number of nitrogens with one attached hydrogen (secondary N) is 1. The van der Waals surface area contributed by atoms with Crippen molar-refractivity contribution in [2.75, 3.05) is 18.6 Å². The van der Waals surface area contributed by atoms with Crippen LogP contribution in [0.2, 0.25) is 0 Å². The molecule has 25 heavy (non-hydrogen) atoms. The second kappa shape index (κ2) is 8.58. The van der Waals surface area contributed by atoms with Crippen molar-refractivity contribution in [2.45, 2.75) is 13.5 Å². The minimum absolute atomic E-state index is 0.205. The lowest BCUT2D eigenvalue weighted by molar-refractivity contribution is -0.123. The average Bonchev–Trinajstić information content (AvgIpc) is 2.64. The van der Waals surface area contributed by atoms with E-state index in [1.54, 1.807) is 42.7 Å². The highest BCUT2D eigenvalue weighted by Gasteiger charge is 2.21. The summed E-state index contributed by atoms with van der Waals surface area (Å²) < 4.78 is 4.73. The number of ether oxygens (including phenoxy) is 1. The maximum atomic E-state index is 12.2. The number of pyridine rings is 1. The van der Waals surface area contributed by atoms with Gasteiger partial charge in [0.25, 0.3) is 0 Å². The minimum Gasteiger partial charge on any atom is -0.465 e. The number of aromatic nitrogens is 1. The molecule has 2 amide bonds. The van der Waals surface area contributed by atoms with Gasteiger partial charge in [0.2, 0.25) is 11.8 Å². The van der Waals surface area contributed by atoms with Crippen LogP contribution in [0.5, 0.6) is 0 Å². The van der Waals surface area contributed by atoms with Gasteiger partial charge in [-0.05, 0) is 23.8 Å². The van der Waals surface area contributed by atoms with Crippen molar-refractivity contribution in [3.63, 3.8) is 0 Å². The molecule has 0 bridgehead atoms. The Hall–Kier alpha value is -3.22. The first-order valence-electron chi connectivity index (χ1n) is 7.64. The Morgan fingerprint density at radius 1 is 1.16 bits per heavy atom. The van der Waals surface area contributed by atoms with Crippen molar-refractivity contribution < 1.29 is 19.1 Å². The molecule has 0 atom stereocenters. The molecule has 1 aromatic heterocycles. The van der Waals surface area contributed by atoms with Crippen LogP contribution >= 0.6 is 0 Å². The number of anilines is 1. The van der Waals surface area contributed by atoms with Crippen LogP contribution in [0.3, 0.4) is 0 Å². The van der Waals surface area contributed by atoms with Crippen LogP contribution in [-0.2, 0) is 20.9 Å².